The summed E-state index contributed by atoms with van der Waals surface area (Å²) in [5.41, 5.74) is 8.16. The molecule has 1 amide bonds. The summed E-state index contributed by atoms with van der Waals surface area (Å²) in [4.78, 5) is 14.4. The summed E-state index contributed by atoms with van der Waals surface area (Å²) in [7, 11) is 0. The average Bonchev–Trinajstić information content (AvgIpc) is 2.50. The van der Waals surface area contributed by atoms with Crippen molar-refractivity contribution in [2.45, 2.75) is 39.2 Å². The van der Waals surface area contributed by atoms with Gasteiger partial charge in [-0.3, -0.25) is 4.79 Å². The number of rotatable bonds is 4. The second-order valence-corrected chi connectivity index (χ2v) is 5.86. The zero-order valence-electron chi connectivity index (χ0n) is 12.6. The number of aryl methyl sites for hydroxylation is 1. The molecule has 1 aromatic rings. The molecule has 0 bridgehead atoms. The van der Waals surface area contributed by atoms with E-state index in [1.165, 1.54) is 11.1 Å². The SMILES string of the molecule is CC(C)N(C/C(N)=N/O)C(=O)C1CCc2ccccc2C1. The summed E-state index contributed by atoms with van der Waals surface area (Å²) in [6.07, 6.45) is 2.56. The molecule has 0 spiro atoms. The molecule has 1 unspecified atom stereocenters. The standard InChI is InChI=1S/C16H23N3O2/c1-11(2)19(10-15(17)18-21)16(20)14-8-7-12-5-3-4-6-13(12)9-14/h3-6,11,14,21H,7-10H2,1-2H3,(H2,17,18). The molecule has 0 saturated carbocycles. The third kappa shape index (κ3) is 3.54. The molecule has 1 atom stereocenters. The summed E-state index contributed by atoms with van der Waals surface area (Å²) in [6.45, 7) is 4.06. The van der Waals surface area contributed by atoms with E-state index in [0.29, 0.717) is 0 Å². The molecule has 5 heteroatoms. The van der Waals surface area contributed by atoms with Crippen molar-refractivity contribution in [2.75, 3.05) is 6.54 Å². The number of nitrogens with two attached hydrogens (primary N) is 1. The minimum Gasteiger partial charge on any atom is -0.409 e. The number of fused-ring (bicyclic) bond motifs is 1. The number of hydrogen-bond donors (Lipinski definition) is 2. The lowest BCUT2D eigenvalue weighted by molar-refractivity contribution is -0.136. The van der Waals surface area contributed by atoms with Gasteiger partial charge in [-0.25, -0.2) is 0 Å². The molecule has 1 aromatic carbocycles. The highest BCUT2D eigenvalue weighted by Gasteiger charge is 2.29. The van der Waals surface area contributed by atoms with E-state index in [1.807, 2.05) is 26.0 Å². The van der Waals surface area contributed by atoms with Crippen molar-refractivity contribution in [3.05, 3.63) is 35.4 Å². The maximum absolute atomic E-state index is 12.7. The predicted octanol–water partition coefficient (Wildman–Crippen LogP) is 1.77. The molecule has 0 fully saturated rings. The maximum Gasteiger partial charge on any atom is 0.226 e. The molecular weight excluding hydrogens is 266 g/mol. The first-order valence-electron chi connectivity index (χ1n) is 7.36. The number of benzene rings is 1. The molecule has 0 heterocycles. The number of nitrogens with zero attached hydrogens (tertiary/aromatic N) is 2. The van der Waals surface area contributed by atoms with E-state index in [0.717, 1.165) is 19.3 Å². The van der Waals surface area contributed by atoms with E-state index in [1.54, 1.807) is 4.90 Å². The summed E-state index contributed by atoms with van der Waals surface area (Å²) in [6, 6.07) is 8.31. The second kappa shape index (κ2) is 6.61. The fourth-order valence-electron chi connectivity index (χ4n) is 2.86. The first kappa shape index (κ1) is 15.4. The van der Waals surface area contributed by atoms with Crippen molar-refractivity contribution < 1.29 is 10.0 Å². The van der Waals surface area contributed by atoms with Crippen LogP contribution in [0, 0.1) is 5.92 Å². The van der Waals surface area contributed by atoms with Crippen LogP contribution in [0.4, 0.5) is 0 Å². The van der Waals surface area contributed by atoms with Gasteiger partial charge in [0.2, 0.25) is 5.91 Å². The van der Waals surface area contributed by atoms with Gasteiger partial charge in [0.05, 0.1) is 6.54 Å². The molecule has 1 aliphatic carbocycles. The number of carbonyl (C=O) groups is 1. The van der Waals surface area contributed by atoms with Crippen LogP contribution in [0.2, 0.25) is 0 Å². The van der Waals surface area contributed by atoms with Crippen molar-refractivity contribution in [3.63, 3.8) is 0 Å². The van der Waals surface area contributed by atoms with Crippen molar-refractivity contribution >= 4 is 11.7 Å². The minimum absolute atomic E-state index is 0.0196. The Hall–Kier alpha value is -2.04. The molecule has 21 heavy (non-hydrogen) atoms. The zero-order valence-corrected chi connectivity index (χ0v) is 12.6. The minimum atomic E-state index is -0.0196. The fourth-order valence-corrected chi connectivity index (χ4v) is 2.86. The molecular formula is C16H23N3O2. The number of oxime groups is 1. The van der Waals surface area contributed by atoms with Crippen LogP contribution < -0.4 is 5.73 Å². The first-order valence-corrected chi connectivity index (χ1v) is 7.36. The molecule has 5 nitrogen and oxygen atoms in total. The summed E-state index contributed by atoms with van der Waals surface area (Å²) < 4.78 is 0. The number of carbonyl (C=O) groups excluding carboxylic acids is 1. The molecule has 114 valence electrons. The first-order chi connectivity index (χ1) is 10.0. The molecule has 0 aliphatic heterocycles. The number of amides is 1. The van der Waals surface area contributed by atoms with Gasteiger partial charge in [0, 0.05) is 12.0 Å². The highest BCUT2D eigenvalue weighted by atomic mass is 16.4. The van der Waals surface area contributed by atoms with Crippen molar-refractivity contribution in [3.8, 4) is 0 Å². The van der Waals surface area contributed by atoms with Gasteiger partial charge in [-0.1, -0.05) is 29.4 Å². The van der Waals surface area contributed by atoms with Crippen molar-refractivity contribution in [1.29, 1.82) is 0 Å². The van der Waals surface area contributed by atoms with Crippen LogP contribution >= 0.6 is 0 Å². The van der Waals surface area contributed by atoms with Gasteiger partial charge in [-0.05, 0) is 44.2 Å². The van der Waals surface area contributed by atoms with E-state index in [4.69, 9.17) is 10.9 Å². The Labute approximate surface area is 125 Å². The van der Waals surface area contributed by atoms with E-state index in [9.17, 15) is 4.79 Å². The quantitative estimate of drug-likeness (QED) is 0.384. The Morgan fingerprint density at radius 2 is 2.10 bits per heavy atom. The third-order valence-corrected chi connectivity index (χ3v) is 4.06. The Balaban J connectivity index is 2.12. The Morgan fingerprint density at radius 3 is 2.71 bits per heavy atom. The Bertz CT molecular complexity index is 540. The smallest absolute Gasteiger partial charge is 0.226 e. The highest BCUT2D eigenvalue weighted by molar-refractivity contribution is 5.88. The highest BCUT2D eigenvalue weighted by Crippen LogP contribution is 2.27. The van der Waals surface area contributed by atoms with Crippen molar-refractivity contribution in [1.82, 2.24) is 4.90 Å². The van der Waals surface area contributed by atoms with E-state index in [2.05, 4.69) is 17.3 Å². The lowest BCUT2D eigenvalue weighted by Crippen LogP contribution is -2.46. The summed E-state index contributed by atoms with van der Waals surface area (Å²) >= 11 is 0. The van der Waals surface area contributed by atoms with Crippen LogP contribution in [0.3, 0.4) is 0 Å². The van der Waals surface area contributed by atoms with Gasteiger partial charge in [0.1, 0.15) is 0 Å². The van der Waals surface area contributed by atoms with Gasteiger partial charge in [-0.15, -0.1) is 0 Å². The number of hydrogen-bond acceptors (Lipinski definition) is 3. The Morgan fingerprint density at radius 1 is 1.43 bits per heavy atom. The van der Waals surface area contributed by atoms with Gasteiger partial charge >= 0.3 is 0 Å². The predicted molar refractivity (Wildman–Crippen MR) is 82.2 cm³/mol. The Kier molecular flexibility index (Phi) is 4.83. The van der Waals surface area contributed by atoms with Gasteiger partial charge < -0.3 is 15.8 Å². The third-order valence-electron chi connectivity index (χ3n) is 4.06. The van der Waals surface area contributed by atoms with E-state index < -0.39 is 0 Å². The molecule has 0 aromatic heterocycles. The lowest BCUT2D eigenvalue weighted by Gasteiger charge is -2.32. The topological polar surface area (TPSA) is 78.9 Å². The monoisotopic (exact) mass is 289 g/mol. The average molecular weight is 289 g/mol. The van der Waals surface area contributed by atoms with Crippen LogP contribution in [-0.4, -0.2) is 34.4 Å². The van der Waals surface area contributed by atoms with Crippen LogP contribution in [0.5, 0.6) is 0 Å². The molecule has 1 aliphatic rings. The van der Waals surface area contributed by atoms with Crippen LogP contribution in [0.25, 0.3) is 0 Å². The molecule has 0 radical (unpaired) electrons. The normalized spacial score (nSPS) is 18.4. The molecule has 3 N–H and O–H groups in total. The summed E-state index contributed by atoms with van der Waals surface area (Å²) in [5, 5.41) is 11.7. The zero-order chi connectivity index (χ0) is 15.4. The van der Waals surface area contributed by atoms with Crippen LogP contribution in [0.15, 0.2) is 29.4 Å². The molecule has 2 rings (SSSR count). The van der Waals surface area contributed by atoms with Crippen molar-refractivity contribution in [2.24, 2.45) is 16.8 Å². The molecule has 0 saturated heterocycles. The van der Waals surface area contributed by atoms with Crippen LogP contribution in [0.1, 0.15) is 31.4 Å². The van der Waals surface area contributed by atoms with Gasteiger partial charge in [-0.2, -0.15) is 0 Å². The fraction of sp³-hybridized carbons (Fsp3) is 0.500. The van der Waals surface area contributed by atoms with E-state index in [-0.39, 0.29) is 30.2 Å². The lowest BCUT2D eigenvalue weighted by atomic mass is 9.83. The number of amidine groups is 1. The van der Waals surface area contributed by atoms with E-state index >= 15 is 0 Å². The van der Waals surface area contributed by atoms with Gasteiger partial charge in [0.15, 0.2) is 5.84 Å². The van der Waals surface area contributed by atoms with Gasteiger partial charge in [0.25, 0.3) is 0 Å². The summed E-state index contributed by atoms with van der Waals surface area (Å²) in [5.74, 6) is 0.133. The van der Waals surface area contributed by atoms with Crippen LogP contribution in [-0.2, 0) is 17.6 Å². The maximum atomic E-state index is 12.7. The second-order valence-electron chi connectivity index (χ2n) is 5.86. The largest absolute Gasteiger partial charge is 0.409 e.